The van der Waals surface area contributed by atoms with Crippen LogP contribution in [0.5, 0.6) is 0 Å². The van der Waals surface area contributed by atoms with Gasteiger partial charge in [0.15, 0.2) is 5.69 Å². The highest BCUT2D eigenvalue weighted by atomic mass is 19.1. The van der Waals surface area contributed by atoms with Crippen molar-refractivity contribution in [2.45, 2.75) is 37.9 Å². The molecule has 1 aliphatic carbocycles. The van der Waals surface area contributed by atoms with Crippen LogP contribution in [0.4, 0.5) is 4.39 Å². The number of carbonyl (C=O) groups is 2. The van der Waals surface area contributed by atoms with Crippen molar-refractivity contribution in [3.63, 3.8) is 0 Å². The number of carbonyl (C=O) groups excluding carboxylic acids is 2. The van der Waals surface area contributed by atoms with E-state index < -0.39 is 6.04 Å². The van der Waals surface area contributed by atoms with Crippen LogP contribution in [0.25, 0.3) is 6.08 Å². The zero-order valence-corrected chi connectivity index (χ0v) is 15.5. The molecule has 0 radical (unpaired) electrons. The first-order valence-electron chi connectivity index (χ1n) is 9.49. The summed E-state index contributed by atoms with van der Waals surface area (Å²) < 4.78 is 13.9. The maximum absolute atomic E-state index is 13.9. The lowest BCUT2D eigenvalue weighted by Crippen LogP contribution is -2.41. The van der Waals surface area contributed by atoms with Crippen molar-refractivity contribution in [1.82, 2.24) is 20.0 Å². The molecule has 0 saturated heterocycles. The average Bonchev–Trinajstić information content (AvgIpc) is 3.31. The molecule has 3 aliphatic rings. The average molecular weight is 381 g/mol. The normalized spacial score (nSPS) is 20.1. The monoisotopic (exact) mass is 381 g/mol. The van der Waals surface area contributed by atoms with Crippen LogP contribution in [0, 0.1) is 5.82 Å². The van der Waals surface area contributed by atoms with E-state index in [0.717, 1.165) is 24.1 Å². The Kier molecular flexibility index (Phi) is 3.82. The zero-order valence-electron chi connectivity index (χ0n) is 15.5. The number of amides is 2. The molecule has 1 N–H and O–H groups in total. The van der Waals surface area contributed by atoms with Crippen LogP contribution < -0.4 is 10.6 Å². The van der Waals surface area contributed by atoms with Crippen molar-refractivity contribution in [2.24, 2.45) is 4.99 Å². The molecule has 144 valence electrons. The maximum Gasteiger partial charge on any atom is 0.274 e. The van der Waals surface area contributed by atoms with Gasteiger partial charge in [-0.25, -0.2) is 4.39 Å². The number of fused-ring (bicyclic) bond motifs is 2. The van der Waals surface area contributed by atoms with Gasteiger partial charge in [-0.2, -0.15) is 5.10 Å². The molecule has 1 aromatic heterocycles. The number of rotatable bonds is 3. The van der Waals surface area contributed by atoms with E-state index in [1.165, 1.54) is 6.07 Å². The van der Waals surface area contributed by atoms with E-state index in [2.05, 4.69) is 15.2 Å². The second kappa shape index (κ2) is 6.25. The van der Waals surface area contributed by atoms with E-state index >= 15 is 0 Å². The minimum atomic E-state index is -0.728. The molecule has 2 aromatic rings. The molecule has 1 fully saturated rings. The van der Waals surface area contributed by atoms with Gasteiger partial charge in [0.2, 0.25) is 0 Å². The fourth-order valence-electron chi connectivity index (χ4n) is 3.92. The van der Waals surface area contributed by atoms with Crippen LogP contribution in [0.2, 0.25) is 0 Å². The number of nitrogens with zero attached hydrogens (tertiary/aromatic N) is 4. The molecule has 0 bridgehead atoms. The van der Waals surface area contributed by atoms with Gasteiger partial charge in [-0.3, -0.25) is 19.7 Å². The minimum Gasteiger partial charge on any atom is -0.337 e. The smallest absolute Gasteiger partial charge is 0.274 e. The second-order valence-corrected chi connectivity index (χ2v) is 7.60. The lowest BCUT2D eigenvalue weighted by atomic mass is 10.0. The third kappa shape index (κ3) is 2.71. The number of aromatic amines is 1. The number of nitrogens with one attached hydrogen (secondary N) is 1. The number of hydrogen-bond acceptors (Lipinski definition) is 4. The zero-order chi connectivity index (χ0) is 19.4. The molecule has 1 saturated carbocycles. The van der Waals surface area contributed by atoms with Crippen LogP contribution in [-0.4, -0.2) is 57.5 Å². The topological polar surface area (TPSA) is 81.7 Å². The number of hydrogen-bond donors (Lipinski definition) is 1. The SMILES string of the molecule is CN(C(=O)c1n[nH]c2c1CN(C(=O)C1C=c3c(F)cccc3=N1)CC2)C1CC1. The van der Waals surface area contributed by atoms with E-state index in [1.54, 1.807) is 35.1 Å². The summed E-state index contributed by atoms with van der Waals surface area (Å²) in [5, 5.41) is 8.06. The predicted molar refractivity (Wildman–Crippen MR) is 98.3 cm³/mol. The van der Waals surface area contributed by atoms with Crippen LogP contribution in [-0.2, 0) is 17.8 Å². The van der Waals surface area contributed by atoms with Crippen molar-refractivity contribution in [3.8, 4) is 0 Å². The highest BCUT2D eigenvalue weighted by Gasteiger charge is 2.35. The van der Waals surface area contributed by atoms with Gasteiger partial charge in [0.25, 0.3) is 11.8 Å². The molecule has 2 amide bonds. The van der Waals surface area contributed by atoms with Crippen molar-refractivity contribution in [1.29, 1.82) is 0 Å². The molecule has 1 atom stereocenters. The minimum absolute atomic E-state index is 0.110. The fraction of sp³-hybridized carbons (Fsp3) is 0.400. The first-order valence-corrected chi connectivity index (χ1v) is 9.49. The molecule has 3 heterocycles. The van der Waals surface area contributed by atoms with E-state index in [9.17, 15) is 14.0 Å². The van der Waals surface area contributed by atoms with E-state index in [1.807, 2.05) is 0 Å². The van der Waals surface area contributed by atoms with Gasteiger partial charge in [-0.1, -0.05) is 6.07 Å². The number of H-pyrrole nitrogens is 1. The summed E-state index contributed by atoms with van der Waals surface area (Å²) in [6.45, 7) is 0.821. The highest BCUT2D eigenvalue weighted by molar-refractivity contribution is 5.95. The summed E-state index contributed by atoms with van der Waals surface area (Å²) >= 11 is 0. The Hall–Kier alpha value is -3.03. The van der Waals surface area contributed by atoms with Gasteiger partial charge in [-0.05, 0) is 31.1 Å². The molecule has 8 heteroatoms. The number of benzene rings is 1. The molecule has 2 aliphatic heterocycles. The standard InChI is InChI=1S/C20H20FN5O2/c1-25(11-5-6-11)20(28)18-13-10-26(8-7-16(13)23-24-18)19(27)17-9-12-14(21)3-2-4-15(12)22-17/h2-4,9,11,17H,5-8,10H2,1H3,(H,23,24). The summed E-state index contributed by atoms with van der Waals surface area (Å²) in [6.07, 6.45) is 4.22. The first-order chi connectivity index (χ1) is 13.5. The molecule has 7 nitrogen and oxygen atoms in total. The molecular formula is C20H20FN5O2. The van der Waals surface area contributed by atoms with E-state index in [0.29, 0.717) is 41.8 Å². The van der Waals surface area contributed by atoms with E-state index in [4.69, 9.17) is 0 Å². The Balaban J connectivity index is 1.39. The lowest BCUT2D eigenvalue weighted by molar-refractivity contribution is -0.132. The summed E-state index contributed by atoms with van der Waals surface area (Å²) in [5.74, 6) is -0.666. The van der Waals surface area contributed by atoms with Crippen molar-refractivity contribution in [3.05, 3.63) is 51.5 Å². The quantitative estimate of drug-likeness (QED) is 0.822. The Bertz CT molecular complexity index is 1100. The number of aromatic nitrogens is 2. The lowest BCUT2D eigenvalue weighted by Gasteiger charge is -2.28. The van der Waals surface area contributed by atoms with Gasteiger partial charge < -0.3 is 9.80 Å². The maximum atomic E-state index is 13.9. The summed E-state index contributed by atoms with van der Waals surface area (Å²) in [5.41, 5.74) is 2.07. The molecular weight excluding hydrogens is 361 g/mol. The van der Waals surface area contributed by atoms with Crippen molar-refractivity contribution < 1.29 is 14.0 Å². The predicted octanol–water partition coefficient (Wildman–Crippen LogP) is 0.150. The van der Waals surface area contributed by atoms with Crippen LogP contribution >= 0.6 is 0 Å². The molecule has 1 unspecified atom stereocenters. The van der Waals surface area contributed by atoms with Gasteiger partial charge in [-0.15, -0.1) is 0 Å². The Morgan fingerprint density at radius 2 is 2.14 bits per heavy atom. The summed E-state index contributed by atoms with van der Waals surface area (Å²) in [4.78, 5) is 33.5. The van der Waals surface area contributed by atoms with Crippen LogP contribution in [0.1, 0.15) is 34.6 Å². The third-order valence-corrected chi connectivity index (χ3v) is 5.75. The van der Waals surface area contributed by atoms with Gasteiger partial charge >= 0.3 is 0 Å². The van der Waals surface area contributed by atoms with Gasteiger partial charge in [0.05, 0.1) is 5.36 Å². The Labute approximate surface area is 160 Å². The molecule has 28 heavy (non-hydrogen) atoms. The third-order valence-electron chi connectivity index (χ3n) is 5.75. The largest absolute Gasteiger partial charge is 0.337 e. The summed E-state index contributed by atoms with van der Waals surface area (Å²) in [7, 11) is 1.80. The summed E-state index contributed by atoms with van der Waals surface area (Å²) in [6, 6.07) is 4.22. The number of halogens is 1. The van der Waals surface area contributed by atoms with Gasteiger partial charge in [0.1, 0.15) is 11.9 Å². The van der Waals surface area contributed by atoms with Crippen LogP contribution in [0.3, 0.4) is 0 Å². The Morgan fingerprint density at radius 1 is 1.32 bits per heavy atom. The van der Waals surface area contributed by atoms with Gasteiger partial charge in [0, 0.05) is 49.1 Å². The molecule has 1 aromatic carbocycles. The fourth-order valence-corrected chi connectivity index (χ4v) is 3.92. The molecule has 0 spiro atoms. The second-order valence-electron chi connectivity index (χ2n) is 7.60. The Morgan fingerprint density at radius 3 is 2.89 bits per heavy atom. The van der Waals surface area contributed by atoms with Crippen molar-refractivity contribution >= 4 is 17.9 Å². The van der Waals surface area contributed by atoms with E-state index in [-0.39, 0.29) is 17.6 Å². The van der Waals surface area contributed by atoms with Crippen LogP contribution in [0.15, 0.2) is 23.2 Å². The first kappa shape index (κ1) is 17.1. The molecule has 5 rings (SSSR count). The highest BCUT2D eigenvalue weighted by Crippen LogP contribution is 2.28. The van der Waals surface area contributed by atoms with Crippen molar-refractivity contribution in [2.75, 3.05) is 13.6 Å².